The molecule has 1 aliphatic rings. The molecule has 1 aliphatic heterocycles. The van der Waals surface area contributed by atoms with Crippen LogP contribution in [-0.2, 0) is 10.0 Å². The number of ether oxygens (including phenoxy) is 2. The van der Waals surface area contributed by atoms with Gasteiger partial charge in [-0.25, -0.2) is 13.4 Å². The average molecular weight is 494 g/mol. The monoisotopic (exact) mass is 493 g/mol. The van der Waals surface area contributed by atoms with Gasteiger partial charge in [0.25, 0.3) is 5.91 Å². The average Bonchev–Trinajstić information content (AvgIpc) is 3.18. The van der Waals surface area contributed by atoms with E-state index in [9.17, 15) is 13.2 Å². The predicted molar refractivity (Wildman–Crippen MR) is 130 cm³/mol. The van der Waals surface area contributed by atoms with Gasteiger partial charge in [-0.2, -0.15) is 4.31 Å². The zero-order valence-corrected chi connectivity index (χ0v) is 20.0. The van der Waals surface area contributed by atoms with E-state index in [1.54, 1.807) is 43.3 Å². The van der Waals surface area contributed by atoms with E-state index in [4.69, 9.17) is 13.9 Å². The Morgan fingerprint density at radius 3 is 2.51 bits per heavy atom. The molecule has 1 fully saturated rings. The third-order valence-electron chi connectivity index (χ3n) is 5.70. The minimum atomic E-state index is -3.48. The molecule has 1 saturated heterocycles. The molecule has 1 amide bonds. The Hall–Kier alpha value is -3.89. The molecule has 0 spiro atoms. The predicted octanol–water partition coefficient (Wildman–Crippen LogP) is 4.58. The van der Waals surface area contributed by atoms with Crippen LogP contribution in [-0.4, -0.2) is 43.8 Å². The normalized spacial score (nSPS) is 13.9. The number of pyridine rings is 1. The maximum absolute atomic E-state index is 13.0. The largest absolute Gasteiger partial charge is 0.497 e. The molecule has 4 aromatic rings. The number of hydrogen-bond acceptors (Lipinski definition) is 7. The van der Waals surface area contributed by atoms with Crippen LogP contribution in [0, 0.1) is 6.92 Å². The Morgan fingerprint density at radius 2 is 1.83 bits per heavy atom. The fraction of sp³-hybridized carbons (Fsp3) is 0.200. The number of amides is 1. The maximum Gasteiger partial charge on any atom is 0.257 e. The summed E-state index contributed by atoms with van der Waals surface area (Å²) in [4.78, 5) is 17.3. The highest BCUT2D eigenvalue weighted by atomic mass is 32.2. The maximum atomic E-state index is 13.0. The van der Waals surface area contributed by atoms with Crippen molar-refractivity contribution in [3.8, 4) is 17.2 Å². The Morgan fingerprint density at radius 1 is 1.06 bits per heavy atom. The van der Waals surface area contributed by atoms with Gasteiger partial charge in [-0.1, -0.05) is 0 Å². The number of aromatic nitrogens is 1. The second kappa shape index (κ2) is 9.05. The summed E-state index contributed by atoms with van der Waals surface area (Å²) in [7, 11) is -1.95. The van der Waals surface area contributed by atoms with Gasteiger partial charge < -0.3 is 19.2 Å². The van der Waals surface area contributed by atoms with E-state index in [0.29, 0.717) is 58.4 Å². The number of aryl methyl sites for hydroxylation is 1. The highest BCUT2D eigenvalue weighted by Gasteiger charge is 2.29. The van der Waals surface area contributed by atoms with Gasteiger partial charge in [0, 0.05) is 30.9 Å². The number of benzene rings is 2. The van der Waals surface area contributed by atoms with Crippen molar-refractivity contribution in [3.05, 3.63) is 72.1 Å². The van der Waals surface area contributed by atoms with Gasteiger partial charge in [-0.05, 0) is 61.9 Å². The van der Waals surface area contributed by atoms with E-state index < -0.39 is 15.9 Å². The Bertz CT molecular complexity index is 1510. The number of furan rings is 1. The third-order valence-corrected chi connectivity index (χ3v) is 7.61. The number of rotatable bonds is 7. The summed E-state index contributed by atoms with van der Waals surface area (Å²) in [5.41, 5.74) is 0.796. The molecule has 180 valence electrons. The molecule has 2 aromatic heterocycles. The number of nitrogens with zero attached hydrogens (tertiary/aromatic N) is 2. The van der Waals surface area contributed by atoms with Crippen molar-refractivity contribution in [2.24, 2.45) is 0 Å². The fourth-order valence-electron chi connectivity index (χ4n) is 3.73. The van der Waals surface area contributed by atoms with E-state index >= 15 is 0 Å². The number of carbonyl (C=O) groups excluding carboxylic acids is 1. The fourth-order valence-corrected chi connectivity index (χ4v) is 5.24. The number of hydrogen-bond donors (Lipinski definition) is 1. The molecule has 35 heavy (non-hydrogen) atoms. The lowest BCUT2D eigenvalue weighted by molar-refractivity contribution is 0.102. The van der Waals surface area contributed by atoms with Crippen molar-refractivity contribution in [3.63, 3.8) is 0 Å². The van der Waals surface area contributed by atoms with E-state index in [1.165, 1.54) is 29.7 Å². The number of nitrogens with one attached hydrogen (secondary N) is 1. The SMILES string of the molecule is COc1ccnc(NC(=O)c2cc(Oc3ccc(S(=O)(=O)N4CCC4)cc3)c3cc(C)oc3c2)c1. The summed E-state index contributed by atoms with van der Waals surface area (Å²) in [6, 6.07) is 14.6. The van der Waals surface area contributed by atoms with Gasteiger partial charge in [0.15, 0.2) is 0 Å². The first-order valence-corrected chi connectivity index (χ1v) is 12.4. The van der Waals surface area contributed by atoms with Gasteiger partial charge in [0.2, 0.25) is 10.0 Å². The molecule has 0 saturated carbocycles. The van der Waals surface area contributed by atoms with Crippen molar-refractivity contribution in [1.82, 2.24) is 9.29 Å². The van der Waals surface area contributed by atoms with Crippen LogP contribution < -0.4 is 14.8 Å². The zero-order chi connectivity index (χ0) is 24.6. The highest BCUT2D eigenvalue weighted by molar-refractivity contribution is 7.89. The van der Waals surface area contributed by atoms with E-state index in [-0.39, 0.29) is 4.90 Å². The molecule has 10 heteroatoms. The number of methoxy groups -OCH3 is 1. The molecule has 0 bridgehead atoms. The van der Waals surface area contributed by atoms with Crippen LogP contribution in [0.2, 0.25) is 0 Å². The molecule has 0 aliphatic carbocycles. The first-order chi connectivity index (χ1) is 16.8. The van der Waals surface area contributed by atoms with Crippen LogP contribution in [0.3, 0.4) is 0 Å². The van der Waals surface area contributed by atoms with Crippen molar-refractivity contribution < 1.29 is 27.1 Å². The van der Waals surface area contributed by atoms with E-state index in [0.717, 1.165) is 6.42 Å². The van der Waals surface area contributed by atoms with Gasteiger partial charge in [-0.15, -0.1) is 0 Å². The molecule has 9 nitrogen and oxygen atoms in total. The molecule has 1 N–H and O–H groups in total. The quantitative estimate of drug-likeness (QED) is 0.401. The standard InChI is InChI=1S/C25H23N3O6S/c1-16-12-21-22(33-16)13-17(25(29)27-24-15-19(32-2)8-9-26-24)14-23(21)34-18-4-6-20(7-5-18)35(30,31)28-10-3-11-28/h4-9,12-15H,3,10-11H2,1-2H3,(H,26,27,29). The summed E-state index contributed by atoms with van der Waals surface area (Å²) in [5, 5.41) is 3.43. The number of sulfonamides is 1. The topological polar surface area (TPSA) is 111 Å². The van der Waals surface area contributed by atoms with Crippen LogP contribution in [0.4, 0.5) is 5.82 Å². The lowest BCUT2D eigenvalue weighted by Gasteiger charge is -2.29. The van der Waals surface area contributed by atoms with Crippen molar-refractivity contribution in [2.75, 3.05) is 25.5 Å². The molecular weight excluding hydrogens is 470 g/mol. The minimum Gasteiger partial charge on any atom is -0.497 e. The van der Waals surface area contributed by atoms with Crippen molar-refractivity contribution in [1.29, 1.82) is 0 Å². The smallest absolute Gasteiger partial charge is 0.257 e. The lowest BCUT2D eigenvalue weighted by atomic mass is 10.1. The molecule has 0 radical (unpaired) electrons. The first kappa shape index (κ1) is 22.9. The van der Waals surface area contributed by atoms with E-state index in [1.807, 2.05) is 6.07 Å². The lowest BCUT2D eigenvalue weighted by Crippen LogP contribution is -2.41. The minimum absolute atomic E-state index is 0.216. The van der Waals surface area contributed by atoms with Gasteiger partial charge in [0.05, 0.1) is 17.4 Å². The van der Waals surface area contributed by atoms with Crippen molar-refractivity contribution in [2.45, 2.75) is 18.2 Å². The van der Waals surface area contributed by atoms with Crippen LogP contribution in [0.25, 0.3) is 11.0 Å². The number of anilines is 1. The molecule has 3 heterocycles. The summed E-state index contributed by atoms with van der Waals surface area (Å²) >= 11 is 0. The molecule has 0 unspecified atom stereocenters. The molecule has 2 aromatic carbocycles. The summed E-state index contributed by atoms with van der Waals surface area (Å²) < 4.78 is 43.6. The van der Waals surface area contributed by atoms with Crippen LogP contribution in [0.5, 0.6) is 17.2 Å². The highest BCUT2D eigenvalue weighted by Crippen LogP contribution is 2.34. The Labute approximate surface area is 202 Å². The second-order valence-corrected chi connectivity index (χ2v) is 10.0. The zero-order valence-electron chi connectivity index (χ0n) is 19.1. The summed E-state index contributed by atoms with van der Waals surface area (Å²) in [6.45, 7) is 2.89. The molecular formula is C25H23N3O6S. The van der Waals surface area contributed by atoms with Crippen LogP contribution in [0.15, 0.2) is 70.1 Å². The van der Waals surface area contributed by atoms with Gasteiger partial charge in [-0.3, -0.25) is 4.79 Å². The van der Waals surface area contributed by atoms with Crippen molar-refractivity contribution >= 4 is 32.7 Å². The molecule has 5 rings (SSSR count). The second-order valence-electron chi connectivity index (χ2n) is 8.11. The van der Waals surface area contributed by atoms with E-state index in [2.05, 4.69) is 10.3 Å². The number of fused-ring (bicyclic) bond motifs is 1. The molecule has 0 atom stereocenters. The third kappa shape index (κ3) is 4.58. The van der Waals surface area contributed by atoms with Gasteiger partial charge >= 0.3 is 0 Å². The van der Waals surface area contributed by atoms with Crippen LogP contribution in [0.1, 0.15) is 22.5 Å². The summed E-state index contributed by atoms with van der Waals surface area (Å²) in [5.74, 6) is 2.00. The van der Waals surface area contributed by atoms with Crippen LogP contribution >= 0.6 is 0 Å². The Kier molecular flexibility index (Phi) is 5.91. The Balaban J connectivity index is 1.43. The number of carbonyl (C=O) groups is 1. The summed E-state index contributed by atoms with van der Waals surface area (Å²) in [6.07, 6.45) is 2.41. The van der Waals surface area contributed by atoms with Gasteiger partial charge in [0.1, 0.15) is 34.4 Å². The first-order valence-electron chi connectivity index (χ1n) is 11.0.